The number of hydrogen-bond acceptors (Lipinski definition) is 5. The Kier molecular flexibility index (Phi) is 3.94. The lowest BCUT2D eigenvalue weighted by atomic mass is 10.0. The minimum Gasteiger partial charge on any atom is -0.491 e. The molecule has 0 spiro atoms. The molecule has 0 amide bonds. The number of fused-ring (bicyclic) bond motifs is 1. The number of halogens is 2. The summed E-state index contributed by atoms with van der Waals surface area (Å²) in [7, 11) is 0. The topological polar surface area (TPSA) is 79.4 Å². The highest BCUT2D eigenvalue weighted by molar-refractivity contribution is 9.10. The molecule has 1 aliphatic rings. The second-order valence-electron chi connectivity index (χ2n) is 4.31. The molecule has 1 aromatic heterocycles. The first-order valence-corrected chi connectivity index (χ1v) is 7.31. The molecule has 6 nitrogen and oxygen atoms in total. The van der Waals surface area contributed by atoms with Gasteiger partial charge in [0, 0.05) is 12.0 Å². The van der Waals surface area contributed by atoms with Gasteiger partial charge >= 0.3 is 0 Å². The molecule has 0 unspecified atom stereocenters. The Morgan fingerprint density at radius 3 is 3.19 bits per heavy atom. The summed E-state index contributed by atoms with van der Waals surface area (Å²) in [6.07, 6.45) is 2.07. The molecule has 21 heavy (non-hydrogen) atoms. The molecule has 0 bridgehead atoms. The molecule has 3 rings (SSSR count). The molecule has 0 saturated heterocycles. The largest absolute Gasteiger partial charge is 0.491 e. The first-order chi connectivity index (χ1) is 10.2. The van der Waals surface area contributed by atoms with Crippen molar-refractivity contribution < 1.29 is 4.74 Å². The van der Waals surface area contributed by atoms with Crippen molar-refractivity contribution >= 4 is 38.9 Å². The van der Waals surface area contributed by atoms with E-state index in [0.717, 1.165) is 21.5 Å². The molecule has 8 heteroatoms. The van der Waals surface area contributed by atoms with Crippen LogP contribution in [0.3, 0.4) is 0 Å². The number of nitrogens with one attached hydrogen (secondary N) is 2. The van der Waals surface area contributed by atoms with E-state index in [1.165, 1.54) is 6.20 Å². The lowest BCUT2D eigenvalue weighted by Gasteiger charge is -2.20. The zero-order chi connectivity index (χ0) is 14.8. The summed E-state index contributed by atoms with van der Waals surface area (Å²) in [5.74, 6) is 0.763. The smallest absolute Gasteiger partial charge is 0.285 e. The molecule has 1 aromatic carbocycles. The van der Waals surface area contributed by atoms with Crippen molar-refractivity contribution in [1.82, 2.24) is 10.2 Å². The molecular formula is C13H10BrClN4O2. The first kappa shape index (κ1) is 14.1. The average molecular weight is 370 g/mol. The molecule has 2 aromatic rings. The van der Waals surface area contributed by atoms with E-state index < -0.39 is 5.56 Å². The van der Waals surface area contributed by atoms with E-state index in [1.54, 1.807) is 0 Å². The van der Waals surface area contributed by atoms with Gasteiger partial charge in [0.2, 0.25) is 0 Å². The van der Waals surface area contributed by atoms with Gasteiger partial charge in [-0.2, -0.15) is 10.2 Å². The third-order valence-corrected chi connectivity index (χ3v) is 3.97. The maximum absolute atomic E-state index is 11.4. The fourth-order valence-electron chi connectivity index (χ4n) is 1.97. The zero-order valence-corrected chi connectivity index (χ0v) is 13.0. The number of benzene rings is 1. The highest BCUT2D eigenvalue weighted by Gasteiger charge is 2.19. The van der Waals surface area contributed by atoms with Gasteiger partial charge in [0.1, 0.15) is 16.5 Å². The van der Waals surface area contributed by atoms with Gasteiger partial charge in [0.15, 0.2) is 0 Å². The number of para-hydroxylation sites is 1. The van der Waals surface area contributed by atoms with E-state index in [9.17, 15) is 4.79 Å². The number of aromatic nitrogens is 2. The molecule has 0 fully saturated rings. The molecule has 0 saturated carbocycles. The lowest BCUT2D eigenvalue weighted by molar-refractivity contribution is 0.318. The molecule has 2 N–H and O–H groups in total. The summed E-state index contributed by atoms with van der Waals surface area (Å²) in [5, 5.41) is 10.3. The highest BCUT2D eigenvalue weighted by Crippen LogP contribution is 2.33. The second kappa shape index (κ2) is 5.87. The van der Waals surface area contributed by atoms with Crippen molar-refractivity contribution in [2.24, 2.45) is 5.10 Å². The maximum Gasteiger partial charge on any atom is 0.285 e. The number of aromatic amines is 1. The Morgan fingerprint density at radius 2 is 2.33 bits per heavy atom. The van der Waals surface area contributed by atoms with Gasteiger partial charge in [-0.25, -0.2) is 5.10 Å². The van der Waals surface area contributed by atoms with Crippen LogP contribution in [-0.4, -0.2) is 22.5 Å². The van der Waals surface area contributed by atoms with Crippen molar-refractivity contribution in [3.05, 3.63) is 49.8 Å². The molecular weight excluding hydrogens is 360 g/mol. The van der Waals surface area contributed by atoms with Crippen LogP contribution in [0, 0.1) is 0 Å². The van der Waals surface area contributed by atoms with Crippen molar-refractivity contribution in [2.45, 2.75) is 6.42 Å². The number of nitrogens with zero attached hydrogens (tertiary/aromatic N) is 2. The number of hydrogen-bond donors (Lipinski definition) is 2. The van der Waals surface area contributed by atoms with Gasteiger partial charge in [-0.3, -0.25) is 10.2 Å². The van der Waals surface area contributed by atoms with Crippen LogP contribution in [0.5, 0.6) is 5.75 Å². The summed E-state index contributed by atoms with van der Waals surface area (Å²) >= 11 is 9.34. The minimum atomic E-state index is -0.461. The third kappa shape index (κ3) is 2.79. The van der Waals surface area contributed by atoms with Gasteiger partial charge in [-0.1, -0.05) is 17.7 Å². The molecule has 0 atom stereocenters. The number of hydrazone groups is 1. The van der Waals surface area contributed by atoms with Crippen molar-refractivity contribution in [3.8, 4) is 5.75 Å². The molecule has 0 aliphatic carbocycles. The van der Waals surface area contributed by atoms with Crippen LogP contribution in [0.1, 0.15) is 12.0 Å². The molecule has 2 heterocycles. The van der Waals surface area contributed by atoms with Crippen LogP contribution in [0.4, 0.5) is 5.69 Å². The van der Waals surface area contributed by atoms with Gasteiger partial charge in [-0.15, -0.1) is 0 Å². The predicted octanol–water partition coefficient (Wildman–Crippen LogP) is 2.78. The predicted molar refractivity (Wildman–Crippen MR) is 84.3 cm³/mol. The Bertz CT molecular complexity index is 775. The highest BCUT2D eigenvalue weighted by atomic mass is 79.9. The monoisotopic (exact) mass is 368 g/mol. The van der Waals surface area contributed by atoms with Crippen LogP contribution in [-0.2, 0) is 0 Å². The van der Waals surface area contributed by atoms with Crippen LogP contribution in [0.15, 0.2) is 38.8 Å². The summed E-state index contributed by atoms with van der Waals surface area (Å²) in [4.78, 5) is 11.4. The fraction of sp³-hybridized carbons (Fsp3) is 0.154. The number of anilines is 1. The summed E-state index contributed by atoms with van der Waals surface area (Å²) < 4.78 is 6.51. The van der Waals surface area contributed by atoms with E-state index >= 15 is 0 Å². The van der Waals surface area contributed by atoms with Gasteiger partial charge in [0.25, 0.3) is 5.56 Å². The second-order valence-corrected chi connectivity index (χ2v) is 5.54. The standard InChI is InChI=1S/C13H10BrClN4O2/c14-8-3-1-2-7-9(4-5-21-12(7)8)17-18-10-6-16-19-13(20)11(10)15/h1-3,6H,4-5H2,(H2,18,19,20)/b17-9+. The van der Waals surface area contributed by atoms with Crippen LogP contribution < -0.4 is 15.7 Å². The fourth-order valence-corrected chi connectivity index (χ4v) is 2.59. The van der Waals surface area contributed by atoms with E-state index in [1.807, 2.05) is 18.2 Å². The Morgan fingerprint density at radius 1 is 1.48 bits per heavy atom. The van der Waals surface area contributed by atoms with Gasteiger partial charge < -0.3 is 4.74 Å². The van der Waals surface area contributed by atoms with E-state index in [0.29, 0.717) is 18.7 Å². The molecule has 0 radical (unpaired) electrons. The number of ether oxygens (including phenoxy) is 1. The minimum absolute atomic E-state index is 0.0240. The average Bonchev–Trinajstić information content (AvgIpc) is 2.49. The maximum atomic E-state index is 11.4. The van der Waals surface area contributed by atoms with E-state index in [2.05, 4.69) is 36.7 Å². The van der Waals surface area contributed by atoms with Gasteiger partial charge in [-0.05, 0) is 28.1 Å². The van der Waals surface area contributed by atoms with E-state index in [-0.39, 0.29) is 5.02 Å². The zero-order valence-electron chi connectivity index (χ0n) is 10.7. The summed E-state index contributed by atoms with van der Waals surface area (Å²) in [6.45, 7) is 0.539. The quantitative estimate of drug-likeness (QED) is 0.798. The summed E-state index contributed by atoms with van der Waals surface area (Å²) in [5.41, 5.74) is 4.41. The van der Waals surface area contributed by atoms with Crippen molar-refractivity contribution in [3.63, 3.8) is 0 Å². The lowest BCUT2D eigenvalue weighted by Crippen LogP contribution is -2.18. The SMILES string of the molecule is O=c1[nH]ncc(N/N=C2\CCOc3c(Br)cccc32)c1Cl. The van der Waals surface area contributed by atoms with Crippen LogP contribution in [0.25, 0.3) is 0 Å². The van der Waals surface area contributed by atoms with Crippen LogP contribution >= 0.6 is 27.5 Å². The van der Waals surface area contributed by atoms with Crippen molar-refractivity contribution in [1.29, 1.82) is 0 Å². The number of rotatable bonds is 2. The first-order valence-electron chi connectivity index (χ1n) is 6.14. The Balaban J connectivity index is 1.94. The molecule has 108 valence electrons. The normalized spacial score (nSPS) is 15.4. The summed E-state index contributed by atoms with van der Waals surface area (Å²) in [6, 6.07) is 5.75. The van der Waals surface area contributed by atoms with Crippen molar-refractivity contribution in [2.75, 3.05) is 12.0 Å². The van der Waals surface area contributed by atoms with Crippen LogP contribution in [0.2, 0.25) is 5.02 Å². The van der Waals surface area contributed by atoms with E-state index in [4.69, 9.17) is 16.3 Å². The van der Waals surface area contributed by atoms with Gasteiger partial charge in [0.05, 0.1) is 23.0 Å². The Hall–Kier alpha value is -1.86. The number of H-pyrrole nitrogens is 1. The molecule has 1 aliphatic heterocycles. The third-order valence-electron chi connectivity index (χ3n) is 2.97. The Labute approximate surface area is 133 Å².